The molecule has 1 amide bonds. The minimum atomic E-state index is -5.17. The SMILES string of the molecule is CCCCCCCCCCCC(N)=O.O=S(=O)([O-])[O-].[Na+].[Na+]. The summed E-state index contributed by atoms with van der Waals surface area (Å²) in [5, 5.41) is 0. The van der Waals surface area contributed by atoms with E-state index in [1.54, 1.807) is 0 Å². The van der Waals surface area contributed by atoms with Crippen LogP contribution in [0.1, 0.15) is 71.1 Å². The Morgan fingerprint density at radius 2 is 1.14 bits per heavy atom. The van der Waals surface area contributed by atoms with E-state index in [4.69, 9.17) is 23.3 Å². The Morgan fingerprint density at radius 3 is 1.43 bits per heavy atom. The third kappa shape index (κ3) is 52.4. The van der Waals surface area contributed by atoms with Crippen molar-refractivity contribution < 1.29 is 81.4 Å². The first-order valence-electron chi connectivity index (χ1n) is 6.72. The van der Waals surface area contributed by atoms with Crippen LogP contribution in [0.5, 0.6) is 0 Å². The predicted molar refractivity (Wildman–Crippen MR) is 71.5 cm³/mol. The van der Waals surface area contributed by atoms with Crippen molar-refractivity contribution in [3.8, 4) is 0 Å². The van der Waals surface area contributed by atoms with Crippen LogP contribution >= 0.6 is 0 Å². The molecule has 0 fully saturated rings. The number of carbonyl (C=O) groups is 1. The summed E-state index contributed by atoms with van der Waals surface area (Å²) < 4.78 is 34.1. The van der Waals surface area contributed by atoms with Crippen LogP contribution in [-0.4, -0.2) is 23.4 Å². The van der Waals surface area contributed by atoms with E-state index in [1.807, 2.05) is 0 Å². The van der Waals surface area contributed by atoms with Gasteiger partial charge in [-0.25, -0.2) is 0 Å². The van der Waals surface area contributed by atoms with E-state index >= 15 is 0 Å². The van der Waals surface area contributed by atoms with Crippen LogP contribution < -0.4 is 64.8 Å². The summed E-state index contributed by atoms with van der Waals surface area (Å²) in [6, 6.07) is 0. The van der Waals surface area contributed by atoms with E-state index in [2.05, 4.69) is 6.92 Å². The molecule has 0 bridgehead atoms. The van der Waals surface area contributed by atoms with E-state index in [0.29, 0.717) is 6.42 Å². The molecule has 0 aromatic heterocycles. The molecular formula is C12H25NNa2O5S. The molecule has 0 aromatic carbocycles. The third-order valence-electron chi connectivity index (χ3n) is 2.53. The zero-order valence-electron chi connectivity index (χ0n) is 13.6. The Labute approximate surface area is 173 Å². The molecule has 0 saturated carbocycles. The summed E-state index contributed by atoms with van der Waals surface area (Å²) in [7, 11) is -5.17. The Kier molecular flexibility index (Phi) is 30.7. The molecule has 0 spiro atoms. The molecule has 0 rings (SSSR count). The summed E-state index contributed by atoms with van der Waals surface area (Å²) in [4.78, 5) is 10.4. The maximum Gasteiger partial charge on any atom is 1.00 e. The second-order valence-corrected chi connectivity index (χ2v) is 5.27. The number of hydrogen-bond acceptors (Lipinski definition) is 5. The molecular weight excluding hydrogens is 316 g/mol. The van der Waals surface area contributed by atoms with Crippen molar-refractivity contribution in [2.24, 2.45) is 5.73 Å². The second kappa shape index (κ2) is 21.3. The van der Waals surface area contributed by atoms with Crippen LogP contribution in [0, 0.1) is 0 Å². The third-order valence-corrected chi connectivity index (χ3v) is 2.53. The first-order valence-corrected chi connectivity index (χ1v) is 8.05. The first-order chi connectivity index (χ1) is 8.77. The van der Waals surface area contributed by atoms with E-state index in [9.17, 15) is 4.79 Å². The molecule has 0 atom stereocenters. The van der Waals surface area contributed by atoms with Crippen LogP contribution in [0.15, 0.2) is 0 Å². The van der Waals surface area contributed by atoms with E-state index in [1.165, 1.54) is 44.9 Å². The van der Waals surface area contributed by atoms with Crippen LogP contribution in [0.4, 0.5) is 0 Å². The Morgan fingerprint density at radius 1 is 0.857 bits per heavy atom. The number of primary amides is 1. The maximum atomic E-state index is 10.4. The number of amides is 1. The molecule has 2 N–H and O–H groups in total. The van der Waals surface area contributed by atoms with Crippen molar-refractivity contribution in [1.29, 1.82) is 0 Å². The van der Waals surface area contributed by atoms with Gasteiger partial charge in [0.25, 0.3) is 0 Å². The topological polar surface area (TPSA) is 123 Å². The van der Waals surface area contributed by atoms with Gasteiger partial charge in [0.05, 0.1) is 0 Å². The van der Waals surface area contributed by atoms with Crippen molar-refractivity contribution in [2.75, 3.05) is 0 Å². The Bertz CT molecular complexity index is 305. The van der Waals surface area contributed by atoms with E-state index < -0.39 is 10.4 Å². The Balaban J connectivity index is -0.000000179. The number of hydrogen-bond donors (Lipinski definition) is 1. The summed E-state index contributed by atoms with van der Waals surface area (Å²) in [6.07, 6.45) is 12.1. The summed E-state index contributed by atoms with van der Waals surface area (Å²) in [6.45, 7) is 2.24. The van der Waals surface area contributed by atoms with Crippen molar-refractivity contribution in [1.82, 2.24) is 0 Å². The van der Waals surface area contributed by atoms with Gasteiger partial charge in [-0.15, -0.1) is 0 Å². The minimum Gasteiger partial charge on any atom is -0.759 e. The molecule has 0 aromatic rings. The van der Waals surface area contributed by atoms with Crippen LogP contribution in [0.25, 0.3) is 0 Å². The van der Waals surface area contributed by atoms with Crippen LogP contribution in [0.2, 0.25) is 0 Å². The van der Waals surface area contributed by atoms with Gasteiger partial charge in [0.1, 0.15) is 0 Å². The van der Waals surface area contributed by atoms with Crippen molar-refractivity contribution >= 4 is 16.3 Å². The number of rotatable bonds is 10. The smallest absolute Gasteiger partial charge is 0.759 e. The first kappa shape index (κ1) is 30.2. The van der Waals surface area contributed by atoms with Gasteiger partial charge in [0.2, 0.25) is 5.91 Å². The van der Waals surface area contributed by atoms with Gasteiger partial charge < -0.3 is 14.8 Å². The second-order valence-electron chi connectivity index (χ2n) is 4.45. The van der Waals surface area contributed by atoms with Crippen molar-refractivity contribution in [3.63, 3.8) is 0 Å². The molecule has 0 radical (unpaired) electrons. The fraction of sp³-hybridized carbons (Fsp3) is 0.917. The fourth-order valence-electron chi connectivity index (χ4n) is 1.61. The number of unbranched alkanes of at least 4 members (excludes halogenated alkanes) is 8. The van der Waals surface area contributed by atoms with Gasteiger partial charge in [-0.1, -0.05) is 58.3 Å². The fourth-order valence-corrected chi connectivity index (χ4v) is 1.61. The van der Waals surface area contributed by atoms with Gasteiger partial charge in [-0.2, -0.15) is 0 Å². The zero-order chi connectivity index (χ0) is 15.1. The zero-order valence-corrected chi connectivity index (χ0v) is 18.4. The molecule has 0 aliphatic carbocycles. The van der Waals surface area contributed by atoms with Crippen LogP contribution in [-0.2, 0) is 15.2 Å². The van der Waals surface area contributed by atoms with Gasteiger partial charge in [-0.3, -0.25) is 13.2 Å². The quantitative estimate of drug-likeness (QED) is 0.188. The predicted octanol–water partition coefficient (Wildman–Crippen LogP) is -3.94. The molecule has 0 saturated heterocycles. The van der Waals surface area contributed by atoms with Gasteiger partial charge >= 0.3 is 59.1 Å². The molecule has 0 unspecified atom stereocenters. The molecule has 0 aliphatic heterocycles. The number of carbonyl (C=O) groups excluding carboxylic acids is 1. The largest absolute Gasteiger partial charge is 1.00 e. The van der Waals surface area contributed by atoms with Gasteiger partial charge in [-0.05, 0) is 6.42 Å². The molecule has 0 aliphatic rings. The van der Waals surface area contributed by atoms with Gasteiger partial charge in [0, 0.05) is 16.8 Å². The number of nitrogens with two attached hydrogens (primary N) is 1. The monoisotopic (exact) mass is 341 g/mol. The average molecular weight is 341 g/mol. The normalized spacial score (nSPS) is 9.67. The standard InChI is InChI=1S/C12H25NO.2Na.H2O4S/c1-2-3-4-5-6-7-8-9-10-11-12(13)14;;;1-5(2,3)4/h2-11H2,1H3,(H2,13,14);;;(H2,1,2,3,4)/q;2*+1;/p-2. The van der Waals surface area contributed by atoms with E-state index in [-0.39, 0.29) is 65.0 Å². The van der Waals surface area contributed by atoms with Crippen molar-refractivity contribution in [3.05, 3.63) is 0 Å². The maximum absolute atomic E-state index is 10.4. The molecule has 9 heteroatoms. The average Bonchev–Trinajstić information content (AvgIpc) is 2.24. The molecule has 6 nitrogen and oxygen atoms in total. The van der Waals surface area contributed by atoms with Crippen molar-refractivity contribution in [2.45, 2.75) is 71.1 Å². The molecule has 116 valence electrons. The van der Waals surface area contributed by atoms with Gasteiger partial charge in [0.15, 0.2) is 0 Å². The van der Waals surface area contributed by atoms with E-state index in [0.717, 1.165) is 12.8 Å². The minimum absolute atomic E-state index is 0. The molecule has 21 heavy (non-hydrogen) atoms. The summed E-state index contributed by atoms with van der Waals surface area (Å²) >= 11 is 0. The summed E-state index contributed by atoms with van der Waals surface area (Å²) in [5.74, 6) is -0.159. The Hall–Kier alpha value is 1.34. The van der Waals surface area contributed by atoms with Crippen LogP contribution in [0.3, 0.4) is 0 Å². The molecule has 0 heterocycles. The summed E-state index contributed by atoms with van der Waals surface area (Å²) in [5.41, 5.74) is 5.05.